The van der Waals surface area contributed by atoms with Gasteiger partial charge in [-0.05, 0) is 0 Å². The summed E-state index contributed by atoms with van der Waals surface area (Å²) in [5.41, 5.74) is 0. The average Bonchev–Trinajstić information content (AvgIpc) is 1.38. The van der Waals surface area contributed by atoms with Crippen molar-refractivity contribution < 1.29 is 0 Å². The third-order valence-corrected chi connectivity index (χ3v) is 1.73. The minimum absolute atomic E-state index is 1.37. The van der Waals surface area contributed by atoms with Crippen molar-refractivity contribution in [1.29, 1.82) is 5.26 Å². The van der Waals surface area contributed by atoms with Crippen LogP contribution in [0.25, 0.3) is 0 Å². The molecule has 0 unspecified atom stereocenters. The normalized spacial score (nSPS) is 5.80. The summed E-state index contributed by atoms with van der Waals surface area (Å²) < 4.78 is 6.38. The molecule has 0 fully saturated rings. The number of nitriles is 1. The summed E-state index contributed by atoms with van der Waals surface area (Å²) >= 11 is -1.37. The maximum atomic E-state index is 7.99. The molecule has 0 atom stereocenters. The zero-order valence-electron chi connectivity index (χ0n) is 3.52. The van der Waals surface area contributed by atoms with Crippen LogP contribution in [0, 0.1) is 9.09 Å². The summed E-state index contributed by atoms with van der Waals surface area (Å²) in [5.74, 6) is 0. The van der Waals surface area contributed by atoms with E-state index in [4.69, 9.17) is 5.26 Å². The van der Waals surface area contributed by atoms with Crippen molar-refractivity contribution in [3.63, 3.8) is 0 Å². The second-order valence-corrected chi connectivity index (χ2v) is 8.61. The molecule has 0 saturated carbocycles. The Bertz CT molecular complexity index is 52.4. The first-order valence-corrected chi connectivity index (χ1v) is 9.91. The molecular weight excluding hydrogens is 165 g/mol. The molecule has 1 nitrogen and oxygen atoms in total. The van der Waals surface area contributed by atoms with Crippen LogP contribution in [0.5, 0.6) is 0 Å². The van der Waals surface area contributed by atoms with Crippen molar-refractivity contribution in [1.82, 2.24) is 0 Å². The fourth-order valence-corrected chi connectivity index (χ4v) is 0. The topological polar surface area (TPSA) is 23.8 Å². The van der Waals surface area contributed by atoms with Crippen LogP contribution in [0.1, 0.15) is 0 Å². The van der Waals surface area contributed by atoms with E-state index in [9.17, 15) is 0 Å². The van der Waals surface area contributed by atoms with E-state index in [1.807, 2.05) is 0 Å². The van der Waals surface area contributed by atoms with E-state index in [0.717, 1.165) is 0 Å². The average molecular weight is 171 g/mol. The van der Waals surface area contributed by atoms with Gasteiger partial charge in [0, 0.05) is 0 Å². The second-order valence-electron chi connectivity index (χ2n) is 1.28. The van der Waals surface area contributed by atoms with E-state index in [2.05, 4.69) is 13.2 Å². The predicted octanol–water partition coefficient (Wildman–Crippen LogP) is 0.804. The molecular formula is C3H6InN. The molecule has 0 spiro atoms. The summed E-state index contributed by atoms with van der Waals surface area (Å²) in [7, 11) is 0. The number of nitrogens with zero attached hydrogens (tertiary/aromatic N) is 1. The van der Waals surface area contributed by atoms with Gasteiger partial charge in [0.1, 0.15) is 0 Å². The van der Waals surface area contributed by atoms with Crippen LogP contribution in [0.3, 0.4) is 0 Å². The zero-order valence-corrected chi connectivity index (χ0v) is 6.82. The Labute approximate surface area is 40.1 Å². The standard InChI is InChI=1S/CN.2CH3.In/c1-2;;;/h;2*1H3;. The summed E-state index contributed by atoms with van der Waals surface area (Å²) in [4.78, 5) is 0. The van der Waals surface area contributed by atoms with Gasteiger partial charge in [-0.2, -0.15) is 0 Å². The summed E-state index contributed by atoms with van der Waals surface area (Å²) in [6.07, 6.45) is 0. The van der Waals surface area contributed by atoms with Crippen molar-refractivity contribution in [2.75, 3.05) is 0 Å². The van der Waals surface area contributed by atoms with Gasteiger partial charge >= 0.3 is 39.9 Å². The molecule has 0 aliphatic carbocycles. The summed E-state index contributed by atoms with van der Waals surface area (Å²) in [6.45, 7) is 0. The molecule has 5 heavy (non-hydrogen) atoms. The Kier molecular flexibility index (Phi) is 2.78. The van der Waals surface area contributed by atoms with E-state index >= 15 is 0 Å². The fraction of sp³-hybridized carbons (Fsp3) is 0.667. The van der Waals surface area contributed by atoms with E-state index < -0.39 is 21.4 Å². The predicted molar refractivity (Wildman–Crippen MR) is 23.1 cm³/mol. The Hall–Kier alpha value is 0.360. The van der Waals surface area contributed by atoms with Gasteiger partial charge in [-0.25, -0.2) is 0 Å². The van der Waals surface area contributed by atoms with Crippen molar-refractivity contribution in [3.8, 4) is 3.83 Å². The van der Waals surface area contributed by atoms with Gasteiger partial charge in [0.2, 0.25) is 0 Å². The fourth-order valence-electron chi connectivity index (χ4n) is 0. The van der Waals surface area contributed by atoms with Gasteiger partial charge in [0.05, 0.1) is 0 Å². The molecule has 0 saturated heterocycles. The molecule has 2 heteroatoms. The van der Waals surface area contributed by atoms with Gasteiger partial charge in [0.25, 0.3) is 0 Å². The molecule has 0 aliphatic rings. The maximum absolute atomic E-state index is 7.99. The second kappa shape index (κ2) is 2.59. The van der Waals surface area contributed by atoms with Crippen molar-refractivity contribution in [3.05, 3.63) is 0 Å². The first kappa shape index (κ1) is 5.36. The summed E-state index contributed by atoms with van der Waals surface area (Å²) in [5, 5.41) is 7.99. The van der Waals surface area contributed by atoms with Crippen molar-refractivity contribution in [2.45, 2.75) is 9.36 Å². The Balaban J connectivity index is 2.94. The Morgan fingerprint density at radius 1 is 1.60 bits per heavy atom. The summed E-state index contributed by atoms with van der Waals surface area (Å²) in [6, 6.07) is 0. The third-order valence-electron chi connectivity index (χ3n) is 0.258. The van der Waals surface area contributed by atoms with Gasteiger partial charge in [0.15, 0.2) is 0 Å². The van der Waals surface area contributed by atoms with Gasteiger partial charge in [-0.1, -0.05) is 0 Å². The molecule has 0 radical (unpaired) electrons. The molecule has 0 heterocycles. The molecule has 0 N–H and O–H groups in total. The van der Waals surface area contributed by atoms with E-state index in [0.29, 0.717) is 0 Å². The number of hydrogen-bond donors (Lipinski definition) is 0. The Morgan fingerprint density at radius 2 is 1.80 bits per heavy atom. The molecule has 0 aromatic carbocycles. The molecule has 0 bridgehead atoms. The third kappa shape index (κ3) is 4.36. The van der Waals surface area contributed by atoms with Crippen LogP contribution >= 0.6 is 0 Å². The quantitative estimate of drug-likeness (QED) is 0.528. The van der Waals surface area contributed by atoms with Crippen LogP contribution < -0.4 is 0 Å². The minimum atomic E-state index is -1.37. The first-order valence-electron chi connectivity index (χ1n) is 1.67. The van der Waals surface area contributed by atoms with Gasteiger partial charge in [-0.3, -0.25) is 0 Å². The Morgan fingerprint density at radius 3 is 1.80 bits per heavy atom. The molecule has 0 aliphatic heterocycles. The van der Waals surface area contributed by atoms with Crippen LogP contribution in [-0.4, -0.2) is 21.4 Å². The number of hydrogen-bond acceptors (Lipinski definition) is 1. The molecule has 0 rings (SSSR count). The zero-order chi connectivity index (χ0) is 4.28. The monoisotopic (exact) mass is 171 g/mol. The first-order chi connectivity index (χ1) is 2.27. The van der Waals surface area contributed by atoms with Crippen molar-refractivity contribution in [2.24, 2.45) is 0 Å². The van der Waals surface area contributed by atoms with Gasteiger partial charge < -0.3 is 0 Å². The van der Waals surface area contributed by atoms with Crippen molar-refractivity contribution >= 4 is 21.4 Å². The SMILES string of the molecule is [CH3][In]([CH3])[C]#N. The molecule has 0 aromatic rings. The van der Waals surface area contributed by atoms with Crippen LogP contribution in [0.2, 0.25) is 9.36 Å². The molecule has 0 aromatic heterocycles. The van der Waals surface area contributed by atoms with E-state index in [1.54, 1.807) is 0 Å². The van der Waals surface area contributed by atoms with E-state index in [1.165, 1.54) is 0 Å². The number of rotatable bonds is 0. The molecule has 26 valence electrons. The van der Waals surface area contributed by atoms with E-state index in [-0.39, 0.29) is 0 Å². The van der Waals surface area contributed by atoms with Crippen LogP contribution in [0.4, 0.5) is 0 Å². The molecule has 0 amide bonds. The van der Waals surface area contributed by atoms with Crippen LogP contribution in [-0.2, 0) is 0 Å². The van der Waals surface area contributed by atoms with Gasteiger partial charge in [-0.15, -0.1) is 0 Å². The van der Waals surface area contributed by atoms with Crippen LogP contribution in [0.15, 0.2) is 0 Å².